The van der Waals surface area contributed by atoms with Gasteiger partial charge >= 0.3 is 0 Å². The molecule has 1 aromatic heterocycles. The van der Waals surface area contributed by atoms with Gasteiger partial charge in [-0.2, -0.15) is 0 Å². The summed E-state index contributed by atoms with van der Waals surface area (Å²) in [4.78, 5) is 14.9. The maximum atomic E-state index is 12.6. The van der Waals surface area contributed by atoms with Crippen molar-refractivity contribution in [3.05, 3.63) is 39.9 Å². The highest BCUT2D eigenvalue weighted by Gasteiger charge is 2.32. The lowest BCUT2D eigenvalue weighted by Crippen LogP contribution is -2.34. The lowest BCUT2D eigenvalue weighted by atomic mass is 10.2. The number of carbonyl (C=O) groups excluding carboxylic acids is 1. The molecule has 1 aromatic carbocycles. The van der Waals surface area contributed by atoms with Crippen molar-refractivity contribution in [2.75, 3.05) is 18.4 Å². The van der Waals surface area contributed by atoms with Crippen LogP contribution in [0.4, 0.5) is 5.69 Å². The zero-order valence-corrected chi connectivity index (χ0v) is 17.3. The Morgan fingerprint density at radius 3 is 2.96 bits per heavy atom. The molecular weight excluding hydrogens is 406 g/mol. The number of hydrogen-bond acceptors (Lipinski definition) is 4. The summed E-state index contributed by atoms with van der Waals surface area (Å²) < 4.78 is 3.36. The first-order valence-electron chi connectivity index (χ1n) is 9.84. The van der Waals surface area contributed by atoms with E-state index in [1.807, 2.05) is 25.1 Å². The maximum absolute atomic E-state index is 12.6. The molecule has 0 aliphatic carbocycles. The van der Waals surface area contributed by atoms with Crippen LogP contribution in [-0.2, 0) is 17.8 Å². The minimum Gasteiger partial charge on any atom is -0.325 e. The Hall–Kier alpha value is -1.73. The fourth-order valence-electron chi connectivity index (χ4n) is 4.17. The van der Waals surface area contributed by atoms with Crippen molar-refractivity contribution in [3.63, 3.8) is 0 Å². The molecule has 6 nitrogen and oxygen atoms in total. The van der Waals surface area contributed by atoms with E-state index in [1.165, 1.54) is 19.3 Å². The van der Waals surface area contributed by atoms with Crippen LogP contribution in [0.1, 0.15) is 55.4 Å². The van der Waals surface area contributed by atoms with Crippen LogP contribution < -0.4 is 5.32 Å². The third-order valence-corrected chi connectivity index (χ3v) is 6.48. The van der Waals surface area contributed by atoms with E-state index in [0.29, 0.717) is 6.54 Å². The van der Waals surface area contributed by atoms with Crippen LogP contribution in [0, 0.1) is 6.92 Å². The molecule has 0 bridgehead atoms. The number of anilines is 1. The van der Waals surface area contributed by atoms with Gasteiger partial charge in [-0.15, -0.1) is 10.2 Å². The largest absolute Gasteiger partial charge is 0.325 e. The molecule has 0 spiro atoms. The highest BCUT2D eigenvalue weighted by atomic mass is 79.9. The van der Waals surface area contributed by atoms with Crippen molar-refractivity contribution in [3.8, 4) is 0 Å². The number of halogens is 1. The van der Waals surface area contributed by atoms with E-state index in [9.17, 15) is 4.79 Å². The van der Waals surface area contributed by atoms with Crippen molar-refractivity contribution < 1.29 is 4.79 Å². The Balaban J connectivity index is 1.45. The fourth-order valence-corrected chi connectivity index (χ4v) is 4.42. The summed E-state index contributed by atoms with van der Waals surface area (Å²) in [5.74, 6) is 2.19. The fraction of sp³-hybridized carbons (Fsp3) is 0.550. The number of rotatable bonds is 4. The highest BCUT2D eigenvalue weighted by molar-refractivity contribution is 9.10. The van der Waals surface area contributed by atoms with Gasteiger partial charge in [0.15, 0.2) is 0 Å². The molecule has 1 unspecified atom stereocenters. The van der Waals surface area contributed by atoms with E-state index in [0.717, 1.165) is 59.7 Å². The van der Waals surface area contributed by atoms with Gasteiger partial charge in [-0.1, -0.05) is 22.4 Å². The minimum atomic E-state index is 0.0271. The van der Waals surface area contributed by atoms with E-state index < -0.39 is 0 Å². The lowest BCUT2D eigenvalue weighted by molar-refractivity contribution is -0.117. The number of nitrogens with zero attached hydrogens (tertiary/aromatic N) is 4. The number of aromatic nitrogens is 3. The number of benzene rings is 1. The van der Waals surface area contributed by atoms with Gasteiger partial charge in [0.2, 0.25) is 5.91 Å². The summed E-state index contributed by atoms with van der Waals surface area (Å²) in [5.41, 5.74) is 1.95. The van der Waals surface area contributed by atoms with E-state index >= 15 is 0 Å². The van der Waals surface area contributed by atoms with Gasteiger partial charge < -0.3 is 9.88 Å². The maximum Gasteiger partial charge on any atom is 0.238 e. The van der Waals surface area contributed by atoms with Crippen molar-refractivity contribution in [1.29, 1.82) is 0 Å². The first-order chi connectivity index (χ1) is 13.1. The average molecular weight is 432 g/mol. The summed E-state index contributed by atoms with van der Waals surface area (Å²) >= 11 is 3.50. The number of likely N-dealkylation sites (tertiary alicyclic amines) is 1. The zero-order chi connectivity index (χ0) is 18.8. The molecule has 1 fully saturated rings. The lowest BCUT2D eigenvalue weighted by Gasteiger charge is -2.24. The van der Waals surface area contributed by atoms with Crippen molar-refractivity contribution in [2.45, 2.75) is 58.0 Å². The third-order valence-electron chi connectivity index (χ3n) is 5.59. The molecule has 1 N–H and O–H groups in total. The molecule has 1 saturated heterocycles. The first-order valence-corrected chi connectivity index (χ1v) is 10.6. The molecule has 2 aliphatic rings. The van der Waals surface area contributed by atoms with Gasteiger partial charge in [0.25, 0.3) is 0 Å². The van der Waals surface area contributed by atoms with Crippen LogP contribution in [0.5, 0.6) is 0 Å². The van der Waals surface area contributed by atoms with Gasteiger partial charge in [-0.05, 0) is 62.9 Å². The van der Waals surface area contributed by atoms with Gasteiger partial charge in [0.1, 0.15) is 11.6 Å². The Labute approximate surface area is 168 Å². The van der Waals surface area contributed by atoms with E-state index in [4.69, 9.17) is 0 Å². The van der Waals surface area contributed by atoms with Crippen molar-refractivity contribution in [2.24, 2.45) is 0 Å². The van der Waals surface area contributed by atoms with Gasteiger partial charge in [0, 0.05) is 23.1 Å². The van der Waals surface area contributed by atoms with Gasteiger partial charge in [-0.25, -0.2) is 0 Å². The van der Waals surface area contributed by atoms with Crippen LogP contribution in [0.15, 0.2) is 22.7 Å². The second-order valence-corrected chi connectivity index (χ2v) is 8.43. The Morgan fingerprint density at radius 2 is 2.11 bits per heavy atom. The molecule has 144 valence electrons. The molecule has 27 heavy (non-hydrogen) atoms. The molecule has 7 heteroatoms. The summed E-state index contributed by atoms with van der Waals surface area (Å²) in [7, 11) is 0. The average Bonchev–Trinajstić information content (AvgIpc) is 3.18. The molecule has 2 aromatic rings. The number of aryl methyl sites for hydroxylation is 2. The second-order valence-electron chi connectivity index (χ2n) is 7.58. The quantitative estimate of drug-likeness (QED) is 0.798. The first kappa shape index (κ1) is 18.6. The minimum absolute atomic E-state index is 0.0271. The molecule has 4 rings (SSSR count). The summed E-state index contributed by atoms with van der Waals surface area (Å²) in [6.07, 6.45) is 6.80. The van der Waals surface area contributed by atoms with Crippen LogP contribution in [0.25, 0.3) is 0 Å². The van der Waals surface area contributed by atoms with Crippen LogP contribution in [0.3, 0.4) is 0 Å². The smallest absolute Gasteiger partial charge is 0.238 e. The molecule has 3 heterocycles. The predicted octanol–water partition coefficient (Wildman–Crippen LogP) is 3.85. The summed E-state index contributed by atoms with van der Waals surface area (Å²) in [6, 6.07) is 6.08. The standard InChI is InChI=1S/C20H26BrN5O/c1-14-12-15(8-9-16(14)21)22-19(27)13-25-10-5-6-17(25)20-24-23-18-7-3-2-4-11-26(18)20/h8-9,12,17H,2-7,10-11,13H2,1H3,(H,22,27). The van der Waals surface area contributed by atoms with Crippen molar-refractivity contribution >= 4 is 27.5 Å². The number of hydrogen-bond donors (Lipinski definition) is 1. The zero-order valence-electron chi connectivity index (χ0n) is 15.7. The van der Waals surface area contributed by atoms with Crippen LogP contribution in [0.2, 0.25) is 0 Å². The van der Waals surface area contributed by atoms with E-state index in [1.54, 1.807) is 0 Å². The molecule has 1 atom stereocenters. The monoisotopic (exact) mass is 431 g/mol. The Bertz CT molecular complexity index is 834. The SMILES string of the molecule is Cc1cc(NC(=O)CN2CCCC2c2nnc3n2CCCCC3)ccc1Br. The van der Waals surface area contributed by atoms with Gasteiger partial charge in [-0.3, -0.25) is 9.69 Å². The molecular formula is C20H26BrN5O. The van der Waals surface area contributed by atoms with Crippen molar-refractivity contribution in [1.82, 2.24) is 19.7 Å². The third kappa shape index (κ3) is 4.09. The second kappa shape index (κ2) is 8.10. The number of fused-ring (bicyclic) bond motifs is 1. The predicted molar refractivity (Wildman–Crippen MR) is 109 cm³/mol. The van der Waals surface area contributed by atoms with E-state index in [-0.39, 0.29) is 11.9 Å². The number of amides is 1. The summed E-state index contributed by atoms with van der Waals surface area (Å²) in [6.45, 7) is 4.35. The Morgan fingerprint density at radius 1 is 1.22 bits per heavy atom. The number of carbonyl (C=O) groups is 1. The van der Waals surface area contributed by atoms with Gasteiger partial charge in [0.05, 0.1) is 12.6 Å². The Kier molecular flexibility index (Phi) is 5.59. The molecule has 2 aliphatic heterocycles. The number of nitrogens with one attached hydrogen (secondary N) is 1. The highest BCUT2D eigenvalue weighted by Crippen LogP contribution is 2.32. The normalized spacial score (nSPS) is 20.3. The summed E-state index contributed by atoms with van der Waals surface area (Å²) in [5, 5.41) is 12.0. The van der Waals surface area contributed by atoms with E-state index in [2.05, 4.69) is 40.9 Å². The molecule has 0 radical (unpaired) electrons. The van der Waals surface area contributed by atoms with Crippen LogP contribution in [-0.4, -0.2) is 38.7 Å². The van der Waals surface area contributed by atoms with Crippen LogP contribution >= 0.6 is 15.9 Å². The topological polar surface area (TPSA) is 63.1 Å². The molecule has 1 amide bonds. The molecule has 0 saturated carbocycles.